The third-order valence-electron chi connectivity index (χ3n) is 4.14. The molecule has 0 spiro atoms. The van der Waals surface area contributed by atoms with Gasteiger partial charge < -0.3 is 9.84 Å². The van der Waals surface area contributed by atoms with Crippen molar-refractivity contribution in [3.8, 4) is 11.5 Å². The van der Waals surface area contributed by atoms with Crippen LogP contribution < -0.4 is 4.74 Å². The zero-order valence-corrected chi connectivity index (χ0v) is 15.9. The van der Waals surface area contributed by atoms with Crippen molar-refractivity contribution in [1.82, 2.24) is 0 Å². The molecule has 0 amide bonds. The van der Waals surface area contributed by atoms with Crippen molar-refractivity contribution >= 4 is 5.78 Å². The average Bonchev–Trinajstić information content (AvgIpc) is 2.81. The quantitative estimate of drug-likeness (QED) is 0.380. The van der Waals surface area contributed by atoms with Crippen molar-refractivity contribution in [3.63, 3.8) is 0 Å². The summed E-state index contributed by atoms with van der Waals surface area (Å²) < 4.78 is 5.58. The second-order valence-electron chi connectivity index (χ2n) is 6.27. The first kappa shape index (κ1) is 22.6. The van der Waals surface area contributed by atoms with Crippen LogP contribution in [0.4, 0.5) is 0 Å². The summed E-state index contributed by atoms with van der Waals surface area (Å²) in [5, 5.41) is 9.89. The summed E-state index contributed by atoms with van der Waals surface area (Å²) in [6, 6.07) is 37.3. The van der Waals surface area contributed by atoms with Gasteiger partial charge in [-0.3, -0.25) is 4.79 Å². The van der Waals surface area contributed by atoms with E-state index in [4.69, 9.17) is 4.74 Å². The van der Waals surface area contributed by atoms with Crippen LogP contribution >= 0.6 is 0 Å². The van der Waals surface area contributed by atoms with Crippen molar-refractivity contribution in [2.24, 2.45) is 0 Å². The number of rotatable bonds is 5. The molecular weight excluding hydrogens is 372 g/mol. The normalized spacial score (nSPS) is 10.6. The lowest BCUT2D eigenvalue weighted by Gasteiger charge is -2.09. The molecule has 0 saturated carbocycles. The second kappa shape index (κ2) is 12.0. The van der Waals surface area contributed by atoms with Crippen LogP contribution in [0.15, 0.2) is 121 Å². The fraction of sp³-hybridized carbons (Fsp3) is 0.0741. The Labute approximate surface area is 178 Å². The molecule has 3 nitrogen and oxygen atoms in total. The first-order valence-corrected chi connectivity index (χ1v) is 9.34. The van der Waals surface area contributed by atoms with Crippen LogP contribution in [0.5, 0.6) is 11.5 Å². The molecule has 4 aromatic carbocycles. The van der Waals surface area contributed by atoms with Gasteiger partial charge in [0.25, 0.3) is 0 Å². The fourth-order valence-corrected chi connectivity index (χ4v) is 2.66. The number of benzene rings is 4. The molecule has 0 saturated heterocycles. The highest BCUT2D eigenvalue weighted by Crippen LogP contribution is 2.19. The molecule has 4 aromatic rings. The monoisotopic (exact) mass is 398 g/mol. The van der Waals surface area contributed by atoms with E-state index in [1.165, 1.54) is 0 Å². The van der Waals surface area contributed by atoms with Gasteiger partial charge in [-0.25, -0.2) is 0 Å². The number of para-hydroxylation sites is 2. The van der Waals surface area contributed by atoms with Gasteiger partial charge in [0, 0.05) is 5.56 Å². The van der Waals surface area contributed by atoms with Crippen LogP contribution in [0.1, 0.15) is 29.5 Å². The van der Waals surface area contributed by atoms with Crippen LogP contribution in [0.25, 0.3) is 0 Å². The molecule has 152 valence electrons. The maximum absolute atomic E-state index is 11.9. The number of Topliss-reactive ketones (excluding diaryl/α,β-unsaturated/α-hetero) is 1. The number of ether oxygens (including phenoxy) is 1. The van der Waals surface area contributed by atoms with Gasteiger partial charge in [-0.2, -0.15) is 0 Å². The van der Waals surface area contributed by atoms with Gasteiger partial charge in [0.15, 0.2) is 5.78 Å². The largest absolute Gasteiger partial charge is 0.457 e. The van der Waals surface area contributed by atoms with E-state index in [1.807, 2.05) is 72.8 Å². The van der Waals surface area contributed by atoms with Gasteiger partial charge >= 0.3 is 0 Å². The van der Waals surface area contributed by atoms with Gasteiger partial charge in [0.2, 0.25) is 0 Å². The highest BCUT2D eigenvalue weighted by atomic mass is 16.5. The molecule has 4 rings (SSSR count). The van der Waals surface area contributed by atoms with E-state index < -0.39 is 6.10 Å². The van der Waals surface area contributed by atoms with Crippen molar-refractivity contribution in [1.29, 1.82) is 0 Å². The van der Waals surface area contributed by atoms with Crippen molar-refractivity contribution in [2.45, 2.75) is 13.5 Å². The Hall–Kier alpha value is -3.69. The van der Waals surface area contributed by atoms with Gasteiger partial charge in [0.05, 0.1) is 0 Å². The lowest BCUT2D eigenvalue weighted by molar-refractivity contribution is 0.0747. The summed E-state index contributed by atoms with van der Waals surface area (Å²) in [5.74, 6) is 1.47. The van der Waals surface area contributed by atoms with Crippen LogP contribution in [-0.4, -0.2) is 10.9 Å². The van der Waals surface area contributed by atoms with Crippen molar-refractivity contribution in [3.05, 3.63) is 132 Å². The topological polar surface area (TPSA) is 46.5 Å². The van der Waals surface area contributed by atoms with E-state index in [2.05, 4.69) is 0 Å². The van der Waals surface area contributed by atoms with E-state index in [-0.39, 0.29) is 13.2 Å². The summed E-state index contributed by atoms with van der Waals surface area (Å²) in [5.41, 5.74) is 1.15. The van der Waals surface area contributed by atoms with E-state index in [1.54, 1.807) is 48.5 Å². The molecule has 0 aliphatic carbocycles. The highest BCUT2D eigenvalue weighted by Gasteiger charge is 2.18. The zero-order chi connectivity index (χ0) is 20.3. The lowest BCUT2D eigenvalue weighted by Crippen LogP contribution is -2.11. The number of aliphatic hydroxyl groups excluding tert-OH is 1. The molecule has 0 radical (unpaired) electrons. The Morgan fingerprint density at radius 3 is 1.40 bits per heavy atom. The lowest BCUT2D eigenvalue weighted by atomic mass is 10.0. The maximum Gasteiger partial charge on any atom is 0.195 e. The van der Waals surface area contributed by atoms with Crippen LogP contribution in [0.2, 0.25) is 0 Å². The zero-order valence-electron chi connectivity index (χ0n) is 15.9. The number of carbonyl (C=O) groups excluding carboxylic acids is 1. The van der Waals surface area contributed by atoms with E-state index >= 15 is 0 Å². The molecule has 30 heavy (non-hydrogen) atoms. The number of ketones is 1. The number of hydrogen-bond donors (Lipinski definition) is 1. The summed E-state index contributed by atoms with van der Waals surface area (Å²) in [6.07, 6.45) is -1.08. The van der Waals surface area contributed by atoms with Gasteiger partial charge in [-0.1, -0.05) is 104 Å². The Morgan fingerprint density at radius 1 is 0.600 bits per heavy atom. The minimum absolute atomic E-state index is 0. The van der Waals surface area contributed by atoms with Crippen LogP contribution in [0, 0.1) is 0 Å². The summed E-state index contributed by atoms with van der Waals surface area (Å²) >= 11 is 0. The molecule has 1 N–H and O–H groups in total. The molecule has 0 aromatic heterocycles. The summed E-state index contributed by atoms with van der Waals surface area (Å²) in [4.78, 5) is 11.9. The van der Waals surface area contributed by atoms with Crippen molar-refractivity contribution in [2.75, 3.05) is 0 Å². The molecule has 1 atom stereocenters. The Bertz CT molecular complexity index is 948. The average molecular weight is 399 g/mol. The molecular formula is C27H26O3. The highest BCUT2D eigenvalue weighted by molar-refractivity contribution is 5.99. The maximum atomic E-state index is 11.9. The summed E-state index contributed by atoms with van der Waals surface area (Å²) in [7, 11) is 0. The smallest absolute Gasteiger partial charge is 0.195 e. The number of hydrogen-bond acceptors (Lipinski definition) is 3. The standard InChI is InChI=1S/C14H12O2.C12H10O.CH4/c15-13(11-7-3-1-4-8-11)14(16)12-9-5-2-6-10-12;1-3-7-11(8-4-1)13-12-9-5-2-6-10-12;/h1-10,13,15H;1-10H;1H4. The molecule has 0 fully saturated rings. The Morgan fingerprint density at radius 2 is 0.967 bits per heavy atom. The van der Waals surface area contributed by atoms with E-state index in [0.29, 0.717) is 11.1 Å². The second-order valence-corrected chi connectivity index (χ2v) is 6.27. The first-order valence-electron chi connectivity index (χ1n) is 9.34. The first-order chi connectivity index (χ1) is 14.2. The van der Waals surface area contributed by atoms with Gasteiger partial charge in [-0.05, 0) is 29.8 Å². The molecule has 0 aliphatic heterocycles. The fourth-order valence-electron chi connectivity index (χ4n) is 2.66. The van der Waals surface area contributed by atoms with Gasteiger partial charge in [0.1, 0.15) is 17.6 Å². The molecule has 0 bridgehead atoms. The predicted molar refractivity (Wildman–Crippen MR) is 122 cm³/mol. The number of carbonyl (C=O) groups is 1. The van der Waals surface area contributed by atoms with E-state index in [9.17, 15) is 9.90 Å². The molecule has 0 aliphatic rings. The van der Waals surface area contributed by atoms with E-state index in [0.717, 1.165) is 11.5 Å². The molecule has 1 unspecified atom stereocenters. The van der Waals surface area contributed by atoms with Crippen LogP contribution in [-0.2, 0) is 0 Å². The Kier molecular flexibility index (Phi) is 9.04. The predicted octanol–water partition coefficient (Wildman–Crippen LogP) is 6.72. The van der Waals surface area contributed by atoms with Crippen LogP contribution in [0.3, 0.4) is 0 Å². The summed E-state index contributed by atoms with van der Waals surface area (Å²) in [6.45, 7) is 0. The minimum atomic E-state index is -1.08. The van der Waals surface area contributed by atoms with Crippen molar-refractivity contribution < 1.29 is 14.6 Å². The minimum Gasteiger partial charge on any atom is -0.457 e. The molecule has 3 heteroatoms. The Balaban J connectivity index is 0.000000211. The third-order valence-corrected chi connectivity index (χ3v) is 4.14. The third kappa shape index (κ3) is 6.73. The molecule has 0 heterocycles. The number of aliphatic hydroxyl groups is 1. The SMILES string of the molecule is C.O=C(c1ccccc1)C(O)c1ccccc1.c1ccc(Oc2ccccc2)cc1. The van der Waals surface area contributed by atoms with Gasteiger partial charge in [-0.15, -0.1) is 0 Å².